The fraction of sp³-hybridized carbons (Fsp3) is 0.438. The molecule has 1 aromatic carbocycles. The maximum atomic E-state index is 11.6. The van der Waals surface area contributed by atoms with Crippen molar-refractivity contribution in [3.05, 3.63) is 29.8 Å². The molecule has 1 rings (SSSR count). The molecule has 120 valence electrons. The van der Waals surface area contributed by atoms with Crippen LogP contribution < -0.4 is 15.4 Å². The van der Waals surface area contributed by atoms with Crippen LogP contribution in [-0.2, 0) is 9.59 Å². The first-order valence-electron chi connectivity index (χ1n) is 7.18. The molecule has 22 heavy (non-hydrogen) atoms. The van der Waals surface area contributed by atoms with E-state index in [0.717, 1.165) is 0 Å². The number of ether oxygens (including phenoxy) is 1. The summed E-state index contributed by atoms with van der Waals surface area (Å²) < 4.78 is 5.31. The molecule has 0 bridgehead atoms. The SMILES string of the molecule is CC(=O)c1ccc(OCC(=O)NCCNC(=O)C(C)C)cc1. The Hall–Kier alpha value is -2.37. The van der Waals surface area contributed by atoms with E-state index < -0.39 is 0 Å². The molecule has 0 aliphatic rings. The number of Topliss-reactive ketones (excluding diaryl/α,β-unsaturated/α-hetero) is 1. The number of hydrogen-bond acceptors (Lipinski definition) is 4. The second kappa shape index (κ2) is 8.81. The van der Waals surface area contributed by atoms with Gasteiger partial charge in [-0.05, 0) is 31.2 Å². The summed E-state index contributed by atoms with van der Waals surface area (Å²) in [6.07, 6.45) is 0. The summed E-state index contributed by atoms with van der Waals surface area (Å²) in [6.45, 7) is 5.72. The largest absolute Gasteiger partial charge is 0.484 e. The monoisotopic (exact) mass is 306 g/mol. The molecule has 0 aliphatic heterocycles. The van der Waals surface area contributed by atoms with Crippen molar-refractivity contribution in [2.45, 2.75) is 20.8 Å². The minimum Gasteiger partial charge on any atom is -0.484 e. The van der Waals surface area contributed by atoms with E-state index in [1.54, 1.807) is 38.1 Å². The van der Waals surface area contributed by atoms with E-state index in [0.29, 0.717) is 24.4 Å². The Kier molecular flexibility index (Phi) is 7.08. The predicted octanol–water partition coefficient (Wildman–Crippen LogP) is 1.16. The van der Waals surface area contributed by atoms with Gasteiger partial charge in [-0.2, -0.15) is 0 Å². The van der Waals surface area contributed by atoms with Gasteiger partial charge in [0.05, 0.1) is 0 Å². The maximum Gasteiger partial charge on any atom is 0.258 e. The summed E-state index contributed by atoms with van der Waals surface area (Å²) in [4.78, 5) is 34.0. The van der Waals surface area contributed by atoms with E-state index >= 15 is 0 Å². The first kappa shape index (κ1) is 17.7. The minimum absolute atomic E-state index is 0.0206. The summed E-state index contributed by atoms with van der Waals surface area (Å²) in [7, 11) is 0. The highest BCUT2D eigenvalue weighted by atomic mass is 16.5. The molecule has 0 unspecified atom stereocenters. The van der Waals surface area contributed by atoms with Gasteiger partial charge in [-0.25, -0.2) is 0 Å². The second-order valence-electron chi connectivity index (χ2n) is 5.16. The fourth-order valence-corrected chi connectivity index (χ4v) is 1.58. The molecule has 0 saturated carbocycles. The van der Waals surface area contributed by atoms with Gasteiger partial charge >= 0.3 is 0 Å². The lowest BCUT2D eigenvalue weighted by molar-refractivity contribution is -0.125. The highest BCUT2D eigenvalue weighted by Gasteiger charge is 2.06. The fourth-order valence-electron chi connectivity index (χ4n) is 1.58. The van der Waals surface area contributed by atoms with Crippen LogP contribution in [0.2, 0.25) is 0 Å². The summed E-state index contributed by atoms with van der Waals surface area (Å²) in [5.74, 6) is 0.114. The van der Waals surface area contributed by atoms with Crippen LogP contribution in [0.1, 0.15) is 31.1 Å². The Morgan fingerprint density at radius 2 is 1.64 bits per heavy atom. The Balaban J connectivity index is 2.23. The normalized spacial score (nSPS) is 10.2. The Bertz CT molecular complexity index is 523. The molecule has 0 saturated heterocycles. The lowest BCUT2D eigenvalue weighted by Gasteiger charge is -2.09. The lowest BCUT2D eigenvalue weighted by atomic mass is 10.1. The topological polar surface area (TPSA) is 84.5 Å². The van der Waals surface area contributed by atoms with Crippen molar-refractivity contribution >= 4 is 17.6 Å². The third kappa shape index (κ3) is 6.39. The first-order valence-corrected chi connectivity index (χ1v) is 7.18. The minimum atomic E-state index is -0.269. The average Bonchev–Trinajstić information content (AvgIpc) is 2.49. The van der Waals surface area contributed by atoms with Crippen LogP contribution in [0, 0.1) is 5.92 Å². The summed E-state index contributed by atoms with van der Waals surface area (Å²) in [5, 5.41) is 5.35. The Morgan fingerprint density at radius 1 is 1.05 bits per heavy atom. The number of hydrogen-bond donors (Lipinski definition) is 2. The molecule has 0 aliphatic carbocycles. The second-order valence-corrected chi connectivity index (χ2v) is 5.16. The molecule has 2 amide bonds. The van der Waals surface area contributed by atoms with Crippen LogP contribution >= 0.6 is 0 Å². The number of rotatable bonds is 8. The zero-order valence-corrected chi connectivity index (χ0v) is 13.1. The van der Waals surface area contributed by atoms with Gasteiger partial charge < -0.3 is 15.4 Å². The third-order valence-electron chi connectivity index (χ3n) is 2.90. The lowest BCUT2D eigenvalue weighted by Crippen LogP contribution is -2.38. The zero-order chi connectivity index (χ0) is 16.5. The van der Waals surface area contributed by atoms with Crippen molar-refractivity contribution < 1.29 is 19.1 Å². The number of carbonyl (C=O) groups is 3. The quantitative estimate of drug-likeness (QED) is 0.557. The zero-order valence-electron chi connectivity index (χ0n) is 13.1. The number of nitrogens with one attached hydrogen (secondary N) is 2. The number of carbonyl (C=O) groups excluding carboxylic acids is 3. The standard InChI is InChI=1S/C16H22N2O4/c1-11(2)16(21)18-9-8-17-15(20)10-22-14-6-4-13(5-7-14)12(3)19/h4-7,11H,8-10H2,1-3H3,(H,17,20)(H,18,21). The molecule has 6 heteroatoms. The smallest absolute Gasteiger partial charge is 0.258 e. The Morgan fingerprint density at radius 3 is 2.18 bits per heavy atom. The van der Waals surface area contributed by atoms with Gasteiger partial charge in [-0.1, -0.05) is 13.8 Å². The first-order chi connectivity index (χ1) is 10.4. The van der Waals surface area contributed by atoms with Crippen molar-refractivity contribution in [1.82, 2.24) is 10.6 Å². The van der Waals surface area contributed by atoms with Crippen LogP contribution in [0.5, 0.6) is 5.75 Å². The van der Waals surface area contributed by atoms with E-state index in [-0.39, 0.29) is 30.1 Å². The molecule has 0 fully saturated rings. The van der Waals surface area contributed by atoms with E-state index in [1.807, 2.05) is 0 Å². The number of ketones is 1. The van der Waals surface area contributed by atoms with E-state index in [9.17, 15) is 14.4 Å². The van der Waals surface area contributed by atoms with Gasteiger partial charge in [0.15, 0.2) is 12.4 Å². The molecule has 1 aromatic rings. The van der Waals surface area contributed by atoms with E-state index in [2.05, 4.69) is 10.6 Å². The summed E-state index contributed by atoms with van der Waals surface area (Å²) in [5.41, 5.74) is 0.595. The molecular formula is C16H22N2O4. The Labute approximate surface area is 130 Å². The molecule has 0 aromatic heterocycles. The van der Waals surface area contributed by atoms with Crippen molar-refractivity contribution in [1.29, 1.82) is 0 Å². The number of amides is 2. The van der Waals surface area contributed by atoms with Crippen molar-refractivity contribution in [2.75, 3.05) is 19.7 Å². The summed E-state index contributed by atoms with van der Waals surface area (Å²) >= 11 is 0. The molecule has 0 radical (unpaired) electrons. The van der Waals surface area contributed by atoms with E-state index in [1.165, 1.54) is 6.92 Å². The molecule has 0 spiro atoms. The van der Waals surface area contributed by atoms with Gasteiger partial charge in [0.1, 0.15) is 5.75 Å². The van der Waals surface area contributed by atoms with Crippen LogP contribution in [-0.4, -0.2) is 37.3 Å². The highest BCUT2D eigenvalue weighted by molar-refractivity contribution is 5.94. The predicted molar refractivity (Wildman–Crippen MR) is 82.8 cm³/mol. The van der Waals surface area contributed by atoms with Crippen LogP contribution in [0.15, 0.2) is 24.3 Å². The number of benzene rings is 1. The summed E-state index contributed by atoms with van der Waals surface area (Å²) in [6, 6.07) is 6.59. The third-order valence-corrected chi connectivity index (χ3v) is 2.90. The van der Waals surface area contributed by atoms with Crippen LogP contribution in [0.25, 0.3) is 0 Å². The average molecular weight is 306 g/mol. The van der Waals surface area contributed by atoms with Crippen molar-refractivity contribution in [3.8, 4) is 5.75 Å². The highest BCUT2D eigenvalue weighted by Crippen LogP contribution is 2.12. The van der Waals surface area contributed by atoms with E-state index in [4.69, 9.17) is 4.74 Å². The van der Waals surface area contributed by atoms with Crippen LogP contribution in [0.4, 0.5) is 0 Å². The van der Waals surface area contributed by atoms with Gasteiger partial charge in [0.2, 0.25) is 5.91 Å². The van der Waals surface area contributed by atoms with Crippen molar-refractivity contribution in [3.63, 3.8) is 0 Å². The van der Waals surface area contributed by atoms with Gasteiger partial charge in [0, 0.05) is 24.6 Å². The van der Waals surface area contributed by atoms with Gasteiger partial charge in [-0.15, -0.1) is 0 Å². The molecular weight excluding hydrogens is 284 g/mol. The van der Waals surface area contributed by atoms with Gasteiger partial charge in [-0.3, -0.25) is 14.4 Å². The molecule has 2 N–H and O–H groups in total. The van der Waals surface area contributed by atoms with Crippen molar-refractivity contribution in [2.24, 2.45) is 5.92 Å². The molecule has 6 nitrogen and oxygen atoms in total. The van der Waals surface area contributed by atoms with Crippen LogP contribution in [0.3, 0.4) is 0 Å². The van der Waals surface area contributed by atoms with Gasteiger partial charge in [0.25, 0.3) is 5.91 Å². The molecule has 0 heterocycles. The maximum absolute atomic E-state index is 11.6. The molecule has 0 atom stereocenters.